The summed E-state index contributed by atoms with van der Waals surface area (Å²) in [6.07, 6.45) is -2.21. The smallest absolute Gasteiger partial charge is 0.335 e. The van der Waals surface area contributed by atoms with Gasteiger partial charge in [-0.15, -0.1) is 0 Å². The number of nitrogens with zero attached hydrogens (tertiary/aromatic N) is 2. The van der Waals surface area contributed by atoms with Crippen LogP contribution in [-0.2, 0) is 11.0 Å². The summed E-state index contributed by atoms with van der Waals surface area (Å²) in [6, 6.07) is 8.74. The third kappa shape index (κ3) is 5.10. The quantitative estimate of drug-likeness (QED) is 0.370. The minimum absolute atomic E-state index is 0.0958. The second-order valence-electron chi connectivity index (χ2n) is 6.05. The van der Waals surface area contributed by atoms with E-state index >= 15 is 0 Å². The minimum atomic E-state index is -4.60. The maximum absolute atomic E-state index is 12.9. The third-order valence-electron chi connectivity index (χ3n) is 4.21. The molecular weight excluding hydrogens is 397 g/mol. The summed E-state index contributed by atoms with van der Waals surface area (Å²) < 4.78 is 38.7. The molecule has 28 heavy (non-hydrogen) atoms. The van der Waals surface area contributed by atoms with E-state index in [0.717, 1.165) is 18.2 Å². The van der Waals surface area contributed by atoms with Gasteiger partial charge >= 0.3 is 6.18 Å². The molecule has 148 valence electrons. The molecule has 0 fully saturated rings. The highest BCUT2D eigenvalue weighted by Gasteiger charge is 2.33. The van der Waals surface area contributed by atoms with E-state index < -0.39 is 33.6 Å². The molecule has 2 aromatic carbocycles. The Hall–Kier alpha value is -2.87. The molecule has 1 amide bonds. The first-order chi connectivity index (χ1) is 13.0. The van der Waals surface area contributed by atoms with Gasteiger partial charge in [-0.05, 0) is 36.3 Å². The highest BCUT2D eigenvalue weighted by molar-refractivity contribution is 6.31. The fourth-order valence-corrected chi connectivity index (χ4v) is 2.69. The Kier molecular flexibility index (Phi) is 6.45. The SMILES string of the molecule is C[C@H](c1cccc([N+](=O)[O-])c1)N(C)C(=O)/C=C/c1ccc(Cl)c(C(F)(F)F)c1. The van der Waals surface area contributed by atoms with E-state index in [1.54, 1.807) is 13.0 Å². The Balaban J connectivity index is 2.18. The molecular formula is C19H16ClF3N2O3. The van der Waals surface area contributed by atoms with Gasteiger partial charge in [-0.3, -0.25) is 14.9 Å². The summed E-state index contributed by atoms with van der Waals surface area (Å²) in [4.78, 5) is 24.0. The van der Waals surface area contributed by atoms with Crippen LogP contribution in [0.5, 0.6) is 0 Å². The predicted octanol–water partition coefficient (Wildman–Crippen LogP) is 5.50. The molecule has 0 heterocycles. The number of non-ortho nitro benzene ring substituents is 1. The molecule has 1 atom stereocenters. The summed E-state index contributed by atoms with van der Waals surface area (Å²) in [5, 5.41) is 10.5. The van der Waals surface area contributed by atoms with Gasteiger partial charge in [0.1, 0.15) is 0 Å². The molecule has 0 unspecified atom stereocenters. The number of carbonyl (C=O) groups excluding carboxylic acids is 1. The molecule has 0 aliphatic carbocycles. The molecule has 0 bridgehead atoms. The molecule has 5 nitrogen and oxygen atoms in total. The molecule has 2 rings (SSSR count). The molecule has 9 heteroatoms. The highest BCUT2D eigenvalue weighted by atomic mass is 35.5. The number of nitro benzene ring substituents is 1. The Morgan fingerprint density at radius 2 is 1.93 bits per heavy atom. The molecule has 0 saturated carbocycles. The van der Waals surface area contributed by atoms with Crippen molar-refractivity contribution in [3.8, 4) is 0 Å². The molecule has 0 radical (unpaired) electrons. The van der Waals surface area contributed by atoms with Gasteiger partial charge in [0.05, 0.1) is 21.6 Å². The molecule has 0 aliphatic rings. The molecule has 0 aliphatic heterocycles. The van der Waals surface area contributed by atoms with Crippen molar-refractivity contribution in [2.45, 2.75) is 19.1 Å². The number of amides is 1. The lowest BCUT2D eigenvalue weighted by atomic mass is 10.1. The number of carbonyl (C=O) groups is 1. The Morgan fingerprint density at radius 1 is 1.25 bits per heavy atom. The van der Waals surface area contributed by atoms with Gasteiger partial charge in [-0.25, -0.2) is 0 Å². The lowest BCUT2D eigenvalue weighted by Crippen LogP contribution is -2.28. The van der Waals surface area contributed by atoms with Crippen molar-refractivity contribution in [2.24, 2.45) is 0 Å². The van der Waals surface area contributed by atoms with E-state index in [2.05, 4.69) is 0 Å². The van der Waals surface area contributed by atoms with Gasteiger partial charge in [0.25, 0.3) is 5.69 Å². The first-order valence-electron chi connectivity index (χ1n) is 8.06. The maximum atomic E-state index is 12.9. The predicted molar refractivity (Wildman–Crippen MR) is 99.8 cm³/mol. The van der Waals surface area contributed by atoms with Crippen LogP contribution in [0.4, 0.5) is 18.9 Å². The third-order valence-corrected chi connectivity index (χ3v) is 4.54. The van der Waals surface area contributed by atoms with Gasteiger partial charge in [0, 0.05) is 25.3 Å². The fraction of sp³-hybridized carbons (Fsp3) is 0.211. The average Bonchev–Trinajstić information content (AvgIpc) is 2.65. The van der Waals surface area contributed by atoms with Gasteiger partial charge in [0.2, 0.25) is 5.91 Å². The monoisotopic (exact) mass is 412 g/mol. The van der Waals surface area contributed by atoms with Gasteiger partial charge in [0.15, 0.2) is 0 Å². The topological polar surface area (TPSA) is 63.5 Å². The molecule has 0 aromatic heterocycles. The first kappa shape index (κ1) is 21.4. The number of halogens is 4. The number of benzene rings is 2. The lowest BCUT2D eigenvalue weighted by molar-refractivity contribution is -0.384. The van der Waals surface area contributed by atoms with Gasteiger partial charge < -0.3 is 4.90 Å². The van der Waals surface area contributed by atoms with Crippen molar-refractivity contribution < 1.29 is 22.9 Å². The van der Waals surface area contributed by atoms with Crippen molar-refractivity contribution >= 4 is 29.3 Å². The van der Waals surface area contributed by atoms with Crippen LogP contribution in [-0.4, -0.2) is 22.8 Å². The zero-order valence-corrected chi connectivity index (χ0v) is 15.7. The highest BCUT2D eigenvalue weighted by Crippen LogP contribution is 2.35. The van der Waals surface area contributed by atoms with E-state index in [4.69, 9.17) is 11.6 Å². The van der Waals surface area contributed by atoms with Crippen molar-refractivity contribution in [3.05, 3.63) is 80.4 Å². The number of likely N-dealkylation sites (N-methyl/N-ethyl adjacent to an activating group) is 1. The largest absolute Gasteiger partial charge is 0.417 e. The van der Waals surface area contributed by atoms with E-state index in [-0.39, 0.29) is 11.3 Å². The van der Waals surface area contributed by atoms with Crippen molar-refractivity contribution in [1.82, 2.24) is 4.90 Å². The molecule has 0 N–H and O–H groups in total. The number of hydrogen-bond acceptors (Lipinski definition) is 3. The summed E-state index contributed by atoms with van der Waals surface area (Å²) >= 11 is 5.57. The zero-order chi connectivity index (χ0) is 21.1. The zero-order valence-electron chi connectivity index (χ0n) is 14.9. The van der Waals surface area contributed by atoms with E-state index in [1.807, 2.05) is 0 Å². The van der Waals surface area contributed by atoms with Crippen LogP contribution in [0.1, 0.15) is 29.7 Å². The van der Waals surface area contributed by atoms with Crippen LogP contribution in [0.25, 0.3) is 6.08 Å². The number of nitro groups is 1. The average molecular weight is 413 g/mol. The Bertz CT molecular complexity index is 929. The number of hydrogen-bond donors (Lipinski definition) is 0. The molecule has 0 saturated heterocycles. The van der Waals surface area contributed by atoms with Crippen molar-refractivity contribution in [1.29, 1.82) is 0 Å². The standard InChI is InChI=1S/C19H16ClF3N2O3/c1-12(14-4-3-5-15(11-14)25(27)28)24(2)18(26)9-7-13-6-8-17(20)16(10-13)19(21,22)23/h3-12H,1-2H3/b9-7+/t12-/m1/s1. The summed E-state index contributed by atoms with van der Waals surface area (Å²) in [7, 11) is 1.50. The van der Waals surface area contributed by atoms with E-state index in [1.165, 1.54) is 42.3 Å². The lowest BCUT2D eigenvalue weighted by Gasteiger charge is -2.24. The Labute approximate surface area is 164 Å². The van der Waals surface area contributed by atoms with Crippen molar-refractivity contribution in [3.63, 3.8) is 0 Å². The summed E-state index contributed by atoms with van der Waals surface area (Å²) in [6.45, 7) is 1.69. The van der Waals surface area contributed by atoms with Gasteiger partial charge in [-0.1, -0.05) is 29.8 Å². The van der Waals surface area contributed by atoms with Crippen LogP contribution in [0.15, 0.2) is 48.5 Å². The van der Waals surface area contributed by atoms with E-state index in [9.17, 15) is 28.1 Å². The summed E-state index contributed by atoms with van der Waals surface area (Å²) in [5.74, 6) is -0.470. The van der Waals surface area contributed by atoms with Crippen LogP contribution in [0.2, 0.25) is 5.02 Å². The van der Waals surface area contributed by atoms with Crippen LogP contribution in [0.3, 0.4) is 0 Å². The fourth-order valence-electron chi connectivity index (χ4n) is 2.46. The molecule has 0 spiro atoms. The minimum Gasteiger partial charge on any atom is -0.335 e. The van der Waals surface area contributed by atoms with Crippen LogP contribution >= 0.6 is 11.6 Å². The van der Waals surface area contributed by atoms with Crippen molar-refractivity contribution in [2.75, 3.05) is 7.05 Å². The van der Waals surface area contributed by atoms with Gasteiger partial charge in [-0.2, -0.15) is 13.2 Å². The maximum Gasteiger partial charge on any atom is 0.417 e. The number of alkyl halides is 3. The normalized spacial score (nSPS) is 12.8. The Morgan fingerprint density at radius 3 is 2.54 bits per heavy atom. The second-order valence-corrected chi connectivity index (χ2v) is 6.45. The van der Waals surface area contributed by atoms with Crippen LogP contribution in [0, 0.1) is 10.1 Å². The first-order valence-corrected chi connectivity index (χ1v) is 8.44. The van der Waals surface area contributed by atoms with Crippen LogP contribution < -0.4 is 0 Å². The van der Waals surface area contributed by atoms with E-state index in [0.29, 0.717) is 5.56 Å². The number of rotatable bonds is 5. The summed E-state index contributed by atoms with van der Waals surface area (Å²) in [5.41, 5.74) is -0.352. The second kappa shape index (κ2) is 8.43. The molecule has 2 aromatic rings.